The van der Waals surface area contributed by atoms with Crippen molar-refractivity contribution >= 4 is 28.3 Å². The molecule has 1 heterocycles. The third-order valence-corrected chi connectivity index (χ3v) is 6.38. The van der Waals surface area contributed by atoms with Crippen LogP contribution in [-0.4, -0.2) is 43.8 Å². The molecule has 0 bridgehead atoms. The Morgan fingerprint density at radius 3 is 2.52 bits per heavy atom. The first-order valence-electron chi connectivity index (χ1n) is 8.48. The molecule has 1 fully saturated rings. The summed E-state index contributed by atoms with van der Waals surface area (Å²) in [6.07, 6.45) is 3.54. The minimum atomic E-state index is -3.50. The van der Waals surface area contributed by atoms with E-state index in [1.54, 1.807) is 16.4 Å². The Hall–Kier alpha value is -1.15. The van der Waals surface area contributed by atoms with Crippen LogP contribution in [0.4, 0.5) is 0 Å². The second-order valence-electron chi connectivity index (χ2n) is 6.51. The van der Waals surface area contributed by atoms with E-state index < -0.39 is 10.0 Å². The second-order valence-corrected chi connectivity index (χ2v) is 8.40. The van der Waals surface area contributed by atoms with Crippen LogP contribution in [0.1, 0.15) is 49.9 Å². The lowest BCUT2D eigenvalue weighted by atomic mass is 10.1. The largest absolute Gasteiger partial charge is 0.352 e. The summed E-state index contributed by atoms with van der Waals surface area (Å²) in [5, 5.41) is 2.78. The summed E-state index contributed by atoms with van der Waals surface area (Å²) in [6, 6.07) is 6.19. The maximum Gasteiger partial charge on any atom is 0.251 e. The number of amides is 1. The topological polar surface area (TPSA) is 92.5 Å². The van der Waals surface area contributed by atoms with E-state index in [0.29, 0.717) is 25.1 Å². The molecule has 0 aliphatic carbocycles. The Bertz CT molecular complexity index is 662. The molecular weight excluding hydrogens is 362 g/mol. The lowest BCUT2D eigenvalue weighted by Gasteiger charge is -2.32. The van der Waals surface area contributed by atoms with Gasteiger partial charge in [0.25, 0.3) is 5.91 Å². The van der Waals surface area contributed by atoms with Crippen molar-refractivity contribution in [2.45, 2.75) is 56.5 Å². The van der Waals surface area contributed by atoms with Gasteiger partial charge in [-0.2, -0.15) is 4.31 Å². The number of nitrogens with two attached hydrogens (primary N) is 1. The SMILES string of the molecule is CC(N)CCNC(=O)c1ccc(S(=O)(=O)N2CCCCC2C)cc1.Cl. The number of carbonyl (C=O) groups excluding carboxylic acids is 1. The third-order valence-electron chi connectivity index (χ3n) is 4.35. The van der Waals surface area contributed by atoms with Gasteiger partial charge in [-0.25, -0.2) is 8.42 Å². The molecule has 1 aliphatic rings. The molecule has 2 unspecified atom stereocenters. The van der Waals surface area contributed by atoms with E-state index in [1.165, 1.54) is 12.1 Å². The van der Waals surface area contributed by atoms with Crippen LogP contribution < -0.4 is 11.1 Å². The number of nitrogens with zero attached hydrogens (tertiary/aromatic N) is 1. The van der Waals surface area contributed by atoms with Crippen molar-refractivity contribution in [1.82, 2.24) is 9.62 Å². The standard InChI is InChI=1S/C17H27N3O3S.ClH/c1-13(18)10-11-19-17(21)15-6-8-16(9-7-15)24(22,23)20-12-4-3-5-14(20)2;/h6-9,13-14H,3-5,10-12,18H2,1-2H3,(H,19,21);1H. The van der Waals surface area contributed by atoms with Crippen LogP contribution in [0.2, 0.25) is 0 Å². The number of piperidine rings is 1. The lowest BCUT2D eigenvalue weighted by Crippen LogP contribution is -2.41. The van der Waals surface area contributed by atoms with Gasteiger partial charge in [0.15, 0.2) is 0 Å². The quantitative estimate of drug-likeness (QED) is 0.779. The summed E-state index contributed by atoms with van der Waals surface area (Å²) in [7, 11) is -3.50. The van der Waals surface area contributed by atoms with Crippen LogP contribution >= 0.6 is 12.4 Å². The highest BCUT2D eigenvalue weighted by molar-refractivity contribution is 7.89. The molecule has 8 heteroatoms. The Kier molecular flexibility index (Phi) is 8.34. The summed E-state index contributed by atoms with van der Waals surface area (Å²) < 4.78 is 27.0. The molecule has 3 N–H and O–H groups in total. The Morgan fingerprint density at radius 2 is 1.96 bits per heavy atom. The number of sulfonamides is 1. The van der Waals surface area contributed by atoms with Crippen LogP contribution in [-0.2, 0) is 10.0 Å². The summed E-state index contributed by atoms with van der Waals surface area (Å²) in [6.45, 7) is 4.88. The number of hydrogen-bond donors (Lipinski definition) is 2. The van der Waals surface area contributed by atoms with Crippen molar-refractivity contribution in [3.8, 4) is 0 Å². The Morgan fingerprint density at radius 1 is 1.32 bits per heavy atom. The fourth-order valence-corrected chi connectivity index (χ4v) is 4.56. The summed E-state index contributed by atoms with van der Waals surface area (Å²) in [4.78, 5) is 12.3. The molecule has 1 amide bonds. The fraction of sp³-hybridized carbons (Fsp3) is 0.588. The van der Waals surface area contributed by atoms with E-state index in [1.807, 2.05) is 13.8 Å². The molecule has 2 rings (SSSR count). The zero-order valence-corrected chi connectivity index (χ0v) is 16.4. The highest BCUT2D eigenvalue weighted by Gasteiger charge is 2.30. The Labute approximate surface area is 156 Å². The molecule has 0 aromatic heterocycles. The second kappa shape index (κ2) is 9.52. The number of rotatable bonds is 6. The van der Waals surface area contributed by atoms with Crippen LogP contribution in [0.5, 0.6) is 0 Å². The summed E-state index contributed by atoms with van der Waals surface area (Å²) in [5.74, 6) is -0.217. The lowest BCUT2D eigenvalue weighted by molar-refractivity contribution is 0.0952. The molecule has 25 heavy (non-hydrogen) atoms. The highest BCUT2D eigenvalue weighted by Crippen LogP contribution is 2.25. The van der Waals surface area contributed by atoms with E-state index >= 15 is 0 Å². The van der Waals surface area contributed by atoms with Crippen molar-refractivity contribution < 1.29 is 13.2 Å². The van der Waals surface area contributed by atoms with Gasteiger partial charge in [-0.15, -0.1) is 12.4 Å². The first-order valence-corrected chi connectivity index (χ1v) is 9.92. The normalized spacial score (nSPS) is 19.7. The minimum Gasteiger partial charge on any atom is -0.352 e. The maximum atomic E-state index is 12.7. The molecule has 0 radical (unpaired) electrons. The van der Waals surface area contributed by atoms with Crippen LogP contribution in [0.3, 0.4) is 0 Å². The van der Waals surface area contributed by atoms with Gasteiger partial charge in [-0.05, 0) is 57.4 Å². The van der Waals surface area contributed by atoms with E-state index in [4.69, 9.17) is 5.73 Å². The zero-order valence-electron chi connectivity index (χ0n) is 14.8. The first kappa shape index (κ1) is 21.9. The van der Waals surface area contributed by atoms with Gasteiger partial charge in [-0.3, -0.25) is 4.79 Å². The van der Waals surface area contributed by atoms with Crippen LogP contribution in [0.15, 0.2) is 29.2 Å². The third kappa shape index (κ3) is 5.67. The molecule has 1 aliphatic heterocycles. The average molecular weight is 390 g/mol. The van der Waals surface area contributed by atoms with Gasteiger partial charge in [0.1, 0.15) is 0 Å². The molecular formula is C17H28ClN3O3S. The smallest absolute Gasteiger partial charge is 0.251 e. The minimum absolute atomic E-state index is 0. The average Bonchev–Trinajstić information content (AvgIpc) is 2.54. The predicted molar refractivity (Wildman–Crippen MR) is 101 cm³/mol. The van der Waals surface area contributed by atoms with Gasteiger partial charge >= 0.3 is 0 Å². The van der Waals surface area contributed by atoms with Crippen molar-refractivity contribution in [2.75, 3.05) is 13.1 Å². The van der Waals surface area contributed by atoms with Crippen molar-refractivity contribution in [3.63, 3.8) is 0 Å². The molecule has 142 valence electrons. The maximum absolute atomic E-state index is 12.7. The molecule has 6 nitrogen and oxygen atoms in total. The first-order chi connectivity index (χ1) is 11.3. The molecule has 1 aromatic rings. The van der Waals surface area contributed by atoms with Crippen molar-refractivity contribution in [3.05, 3.63) is 29.8 Å². The number of carbonyl (C=O) groups is 1. The molecule has 2 atom stereocenters. The van der Waals surface area contributed by atoms with Gasteiger partial charge < -0.3 is 11.1 Å². The number of hydrogen-bond acceptors (Lipinski definition) is 4. The van der Waals surface area contributed by atoms with Crippen LogP contribution in [0, 0.1) is 0 Å². The predicted octanol–water partition coefficient (Wildman–Crippen LogP) is 2.14. The van der Waals surface area contributed by atoms with E-state index in [-0.39, 0.29) is 35.3 Å². The molecule has 1 saturated heterocycles. The Balaban J connectivity index is 0.00000312. The van der Waals surface area contributed by atoms with Gasteiger partial charge in [-0.1, -0.05) is 6.42 Å². The van der Waals surface area contributed by atoms with Gasteiger partial charge in [0, 0.05) is 30.7 Å². The van der Waals surface area contributed by atoms with E-state index in [2.05, 4.69) is 5.32 Å². The molecule has 0 spiro atoms. The monoisotopic (exact) mass is 389 g/mol. The number of nitrogens with one attached hydrogen (secondary N) is 1. The van der Waals surface area contributed by atoms with E-state index in [0.717, 1.165) is 19.3 Å². The van der Waals surface area contributed by atoms with Crippen molar-refractivity contribution in [1.29, 1.82) is 0 Å². The fourth-order valence-electron chi connectivity index (χ4n) is 2.86. The highest BCUT2D eigenvalue weighted by atomic mass is 35.5. The van der Waals surface area contributed by atoms with Gasteiger partial charge in [0.2, 0.25) is 10.0 Å². The number of benzene rings is 1. The van der Waals surface area contributed by atoms with E-state index in [9.17, 15) is 13.2 Å². The zero-order chi connectivity index (χ0) is 17.7. The summed E-state index contributed by atoms with van der Waals surface area (Å²) in [5.41, 5.74) is 6.09. The molecule has 0 saturated carbocycles. The summed E-state index contributed by atoms with van der Waals surface area (Å²) >= 11 is 0. The van der Waals surface area contributed by atoms with Gasteiger partial charge in [0.05, 0.1) is 4.90 Å². The molecule has 1 aromatic carbocycles. The van der Waals surface area contributed by atoms with Crippen molar-refractivity contribution in [2.24, 2.45) is 5.73 Å². The van der Waals surface area contributed by atoms with Crippen LogP contribution in [0.25, 0.3) is 0 Å². The number of halogens is 1.